The maximum absolute atomic E-state index is 13.9. The molecule has 0 radical (unpaired) electrons. The third kappa shape index (κ3) is 2.73. The smallest absolute Gasteiger partial charge is 0.374 e. The molecule has 0 amide bonds. The lowest BCUT2D eigenvalue weighted by Gasteiger charge is -2.47. The number of carbonyl (C=O) groups is 1. The van der Waals surface area contributed by atoms with Gasteiger partial charge in [-0.05, 0) is 25.0 Å². The molecule has 0 bridgehead atoms. The van der Waals surface area contributed by atoms with E-state index in [0.29, 0.717) is 24.9 Å². The molecule has 8 nitrogen and oxygen atoms in total. The lowest BCUT2D eigenvalue weighted by molar-refractivity contribution is -0.152. The number of halogens is 3. The first-order valence-electron chi connectivity index (χ1n) is 10.6. The summed E-state index contributed by atoms with van der Waals surface area (Å²) in [6.07, 6.45) is -1.05. The molecule has 3 aliphatic heterocycles. The molecule has 168 valence electrons. The first-order chi connectivity index (χ1) is 15.3. The minimum absolute atomic E-state index is 0.0837. The van der Waals surface area contributed by atoms with Gasteiger partial charge in [0.2, 0.25) is 5.95 Å². The van der Waals surface area contributed by atoms with Crippen LogP contribution in [-0.4, -0.2) is 63.9 Å². The van der Waals surface area contributed by atoms with Crippen LogP contribution in [0.5, 0.6) is 0 Å². The highest BCUT2D eigenvalue weighted by Gasteiger charge is 2.74. The number of carbonyl (C=O) groups excluding carboxylic acids is 1. The number of pyridine rings is 1. The van der Waals surface area contributed by atoms with Crippen LogP contribution in [0.4, 0.5) is 24.9 Å². The number of anilines is 2. The molecule has 3 fully saturated rings. The summed E-state index contributed by atoms with van der Waals surface area (Å²) in [4.78, 5) is 36.9. The quantitative estimate of drug-likeness (QED) is 0.660. The molecule has 1 aliphatic carbocycles. The predicted octanol–water partition coefficient (Wildman–Crippen LogP) is 1.64. The maximum atomic E-state index is 13.9. The highest BCUT2D eigenvalue weighted by atomic mass is 19.4. The molecule has 5 heterocycles. The van der Waals surface area contributed by atoms with Crippen molar-refractivity contribution in [3.63, 3.8) is 0 Å². The summed E-state index contributed by atoms with van der Waals surface area (Å²) in [5.74, 6) is 0.118. The van der Waals surface area contributed by atoms with E-state index in [1.165, 1.54) is 35.2 Å². The van der Waals surface area contributed by atoms with E-state index >= 15 is 0 Å². The van der Waals surface area contributed by atoms with Crippen molar-refractivity contribution in [3.05, 3.63) is 46.5 Å². The van der Waals surface area contributed by atoms with Gasteiger partial charge in [0, 0.05) is 43.0 Å². The van der Waals surface area contributed by atoms with Crippen molar-refractivity contribution in [3.8, 4) is 0 Å². The Morgan fingerprint density at radius 2 is 2.06 bits per heavy atom. The Morgan fingerprint density at radius 1 is 1.28 bits per heavy atom. The van der Waals surface area contributed by atoms with Crippen molar-refractivity contribution < 1.29 is 22.7 Å². The van der Waals surface area contributed by atoms with E-state index in [4.69, 9.17) is 4.74 Å². The molecule has 4 atom stereocenters. The molecule has 2 saturated heterocycles. The summed E-state index contributed by atoms with van der Waals surface area (Å²) in [6, 6.07) is 2.40. The number of alkyl halides is 3. The molecule has 0 N–H and O–H groups in total. The first kappa shape index (κ1) is 19.7. The number of ketones is 1. The summed E-state index contributed by atoms with van der Waals surface area (Å²) >= 11 is 0. The number of nitrogens with zero attached hydrogens (tertiary/aromatic N) is 5. The van der Waals surface area contributed by atoms with Gasteiger partial charge in [0.25, 0.3) is 5.56 Å². The molecule has 32 heavy (non-hydrogen) atoms. The van der Waals surface area contributed by atoms with Crippen LogP contribution < -0.4 is 15.4 Å². The molecule has 1 saturated carbocycles. The summed E-state index contributed by atoms with van der Waals surface area (Å²) in [5, 5.41) is 0. The highest BCUT2D eigenvalue weighted by Crippen LogP contribution is 2.63. The molecule has 2 aromatic heterocycles. The summed E-state index contributed by atoms with van der Waals surface area (Å²) in [5.41, 5.74) is -0.332. The van der Waals surface area contributed by atoms with Crippen molar-refractivity contribution in [2.75, 3.05) is 29.5 Å². The average Bonchev–Trinajstić information content (AvgIpc) is 3.45. The fraction of sp³-hybridized carbons (Fsp3) is 0.524. The van der Waals surface area contributed by atoms with Crippen molar-refractivity contribution in [1.29, 1.82) is 0 Å². The standard InChI is InChI=1S/C21H20F3N5O3/c22-21(23,24)15-3-6-27-18(31)7-17(29-10-16-20(29)8-13(20)11-32-16)26-19(27)28(15)9-14(30)12-1-4-25-5-2-12/h1-2,4-5,7,13,15-16H,3,6,8-11H2. The zero-order valence-electron chi connectivity index (χ0n) is 17.0. The van der Waals surface area contributed by atoms with Gasteiger partial charge in [-0.15, -0.1) is 0 Å². The minimum Gasteiger partial charge on any atom is -0.374 e. The molecule has 4 aliphatic rings. The molecule has 2 aromatic rings. The zero-order chi connectivity index (χ0) is 22.3. The number of rotatable bonds is 4. The number of Topliss-reactive ketones (excluding diaryl/α,β-unsaturated/α-hetero) is 1. The molecule has 0 aromatic carbocycles. The fourth-order valence-corrected chi connectivity index (χ4v) is 5.46. The minimum atomic E-state index is -4.57. The zero-order valence-corrected chi connectivity index (χ0v) is 17.0. The van der Waals surface area contributed by atoms with Crippen LogP contribution in [0.3, 0.4) is 0 Å². The van der Waals surface area contributed by atoms with Gasteiger partial charge in [-0.3, -0.25) is 19.1 Å². The van der Waals surface area contributed by atoms with E-state index < -0.39 is 30.1 Å². The van der Waals surface area contributed by atoms with E-state index in [2.05, 4.69) is 9.97 Å². The van der Waals surface area contributed by atoms with Crippen LogP contribution in [-0.2, 0) is 11.3 Å². The van der Waals surface area contributed by atoms with Crippen LogP contribution in [0.25, 0.3) is 0 Å². The Labute approximate surface area is 180 Å². The van der Waals surface area contributed by atoms with Crippen LogP contribution in [0.1, 0.15) is 23.2 Å². The lowest BCUT2D eigenvalue weighted by Crippen LogP contribution is -2.63. The van der Waals surface area contributed by atoms with Gasteiger partial charge >= 0.3 is 6.18 Å². The summed E-state index contributed by atoms with van der Waals surface area (Å²) < 4.78 is 48.7. The summed E-state index contributed by atoms with van der Waals surface area (Å²) in [6.45, 7) is 0.577. The van der Waals surface area contributed by atoms with Crippen LogP contribution in [0, 0.1) is 5.92 Å². The van der Waals surface area contributed by atoms with Crippen molar-refractivity contribution in [2.24, 2.45) is 5.92 Å². The molecule has 6 rings (SSSR count). The SMILES string of the molecule is O=C(CN1c2nc(N3CC4OCC5CC543)cc(=O)n2CCC1C(F)(F)F)c1ccncc1. The van der Waals surface area contributed by atoms with Crippen LogP contribution in [0.15, 0.2) is 35.4 Å². The van der Waals surface area contributed by atoms with Gasteiger partial charge in [-0.2, -0.15) is 18.2 Å². The number of aromatic nitrogens is 3. The van der Waals surface area contributed by atoms with Crippen LogP contribution >= 0.6 is 0 Å². The molecular weight excluding hydrogens is 427 g/mol. The molecule has 11 heteroatoms. The van der Waals surface area contributed by atoms with Crippen molar-refractivity contribution >= 4 is 17.5 Å². The first-order valence-corrected chi connectivity index (χ1v) is 10.6. The number of fused-ring (bicyclic) bond motifs is 1. The second-order valence-corrected chi connectivity index (χ2v) is 8.86. The average molecular weight is 447 g/mol. The van der Waals surface area contributed by atoms with E-state index in [1.807, 2.05) is 4.90 Å². The Kier molecular flexibility index (Phi) is 4.02. The highest BCUT2D eigenvalue weighted by molar-refractivity contribution is 5.99. The third-order valence-electron chi connectivity index (χ3n) is 7.23. The third-order valence-corrected chi connectivity index (χ3v) is 7.23. The van der Waals surface area contributed by atoms with Crippen molar-refractivity contribution in [1.82, 2.24) is 14.5 Å². The molecule has 4 unspecified atom stereocenters. The van der Waals surface area contributed by atoms with Gasteiger partial charge < -0.3 is 14.5 Å². The van der Waals surface area contributed by atoms with Gasteiger partial charge in [-0.1, -0.05) is 0 Å². The second-order valence-electron chi connectivity index (χ2n) is 8.86. The van der Waals surface area contributed by atoms with Crippen molar-refractivity contribution in [2.45, 2.75) is 43.2 Å². The van der Waals surface area contributed by atoms with Gasteiger partial charge in [-0.25, -0.2) is 0 Å². The topological polar surface area (TPSA) is 80.6 Å². The Bertz CT molecular complexity index is 1150. The lowest BCUT2D eigenvalue weighted by atomic mass is 9.95. The van der Waals surface area contributed by atoms with Crippen LogP contribution in [0.2, 0.25) is 0 Å². The normalized spacial score (nSPS) is 30.3. The monoisotopic (exact) mass is 447 g/mol. The Balaban J connectivity index is 1.39. The molecule has 1 spiro atoms. The van der Waals surface area contributed by atoms with Gasteiger partial charge in [0.15, 0.2) is 5.78 Å². The number of ether oxygens (including phenoxy) is 1. The summed E-state index contributed by atoms with van der Waals surface area (Å²) in [7, 11) is 0. The van der Waals surface area contributed by atoms with E-state index in [0.717, 1.165) is 11.3 Å². The largest absolute Gasteiger partial charge is 0.408 e. The van der Waals surface area contributed by atoms with E-state index in [-0.39, 0.29) is 36.1 Å². The fourth-order valence-electron chi connectivity index (χ4n) is 5.46. The maximum Gasteiger partial charge on any atom is 0.408 e. The van der Waals surface area contributed by atoms with Gasteiger partial charge in [0.1, 0.15) is 11.9 Å². The van der Waals surface area contributed by atoms with Gasteiger partial charge in [0.05, 0.1) is 24.8 Å². The number of hydrogen-bond donors (Lipinski definition) is 0. The predicted molar refractivity (Wildman–Crippen MR) is 107 cm³/mol. The van der Waals surface area contributed by atoms with E-state index in [9.17, 15) is 22.8 Å². The molecular formula is C21H20F3N5O3. The number of hydrogen-bond acceptors (Lipinski definition) is 7. The van der Waals surface area contributed by atoms with E-state index in [1.54, 1.807) is 0 Å². The Morgan fingerprint density at radius 3 is 2.75 bits per heavy atom. The Hall–Kier alpha value is -2.95. The second kappa shape index (κ2) is 6.53.